The van der Waals surface area contributed by atoms with Gasteiger partial charge in [-0.05, 0) is 30.0 Å². The van der Waals surface area contributed by atoms with Crippen molar-refractivity contribution in [1.29, 1.82) is 0 Å². The molecular weight excluding hydrogens is 203 g/mol. The molecule has 0 amide bonds. The van der Waals surface area contributed by atoms with Gasteiger partial charge in [0.2, 0.25) is 0 Å². The molecule has 0 saturated heterocycles. The third-order valence-corrected chi connectivity index (χ3v) is 3.27. The van der Waals surface area contributed by atoms with Crippen molar-refractivity contribution in [2.75, 3.05) is 0 Å². The lowest BCUT2D eigenvalue weighted by molar-refractivity contribution is 0.130. The molecule has 0 radical (unpaired) electrons. The molecule has 1 nitrogen and oxygen atoms in total. The normalized spacial score (nSPS) is 30.4. The van der Waals surface area contributed by atoms with Crippen molar-refractivity contribution < 1.29 is 9.50 Å². The van der Waals surface area contributed by atoms with Gasteiger partial charge in [-0.3, -0.25) is 0 Å². The second-order valence-corrected chi connectivity index (χ2v) is 4.27. The molecule has 2 atom stereocenters. The molecule has 2 unspecified atom stereocenters. The van der Waals surface area contributed by atoms with Crippen LogP contribution in [0.2, 0.25) is 5.02 Å². The first-order chi connectivity index (χ1) is 6.58. The van der Waals surface area contributed by atoms with E-state index in [1.807, 2.05) is 6.92 Å². The molecule has 14 heavy (non-hydrogen) atoms. The fourth-order valence-electron chi connectivity index (χ4n) is 1.92. The number of benzene rings is 1. The van der Waals surface area contributed by atoms with Gasteiger partial charge in [0.15, 0.2) is 0 Å². The fourth-order valence-corrected chi connectivity index (χ4v) is 2.10. The molecule has 0 bridgehead atoms. The van der Waals surface area contributed by atoms with Gasteiger partial charge < -0.3 is 5.11 Å². The molecule has 1 N–H and O–H groups in total. The predicted octanol–water partition coefficient (Wildman–Crippen LogP) is 3.10. The van der Waals surface area contributed by atoms with Gasteiger partial charge in [-0.1, -0.05) is 31.0 Å². The molecule has 0 aromatic heterocycles. The summed E-state index contributed by atoms with van der Waals surface area (Å²) >= 11 is 5.65. The first-order valence-electron chi connectivity index (χ1n) is 4.76. The summed E-state index contributed by atoms with van der Waals surface area (Å²) in [7, 11) is 0. The number of halogens is 2. The van der Waals surface area contributed by atoms with Crippen LogP contribution in [0.15, 0.2) is 18.2 Å². The highest BCUT2D eigenvalue weighted by atomic mass is 35.5. The number of aliphatic hydroxyl groups is 1. The average Bonchev–Trinajstić information content (AvgIpc) is 2.83. The first kappa shape index (κ1) is 9.94. The zero-order valence-corrected chi connectivity index (χ0v) is 8.68. The van der Waals surface area contributed by atoms with Crippen molar-refractivity contribution in [3.8, 4) is 0 Å². The van der Waals surface area contributed by atoms with Crippen LogP contribution in [0.4, 0.5) is 4.39 Å². The Bertz CT molecular complexity index is 366. The second-order valence-electron chi connectivity index (χ2n) is 3.86. The minimum Gasteiger partial charge on any atom is -0.385 e. The smallest absolute Gasteiger partial charge is 0.141 e. The Balaban J connectivity index is 2.31. The average molecular weight is 215 g/mol. The summed E-state index contributed by atoms with van der Waals surface area (Å²) in [5, 5.41) is 10.2. The largest absolute Gasteiger partial charge is 0.385 e. The lowest BCUT2D eigenvalue weighted by atomic mass is 10.0. The minimum absolute atomic E-state index is 0.0812. The molecule has 1 fully saturated rings. The molecule has 1 saturated carbocycles. The van der Waals surface area contributed by atoms with E-state index in [0.29, 0.717) is 5.92 Å². The van der Waals surface area contributed by atoms with Crippen molar-refractivity contribution in [2.24, 2.45) is 5.92 Å². The van der Waals surface area contributed by atoms with Crippen LogP contribution < -0.4 is 0 Å². The summed E-state index contributed by atoms with van der Waals surface area (Å²) in [4.78, 5) is 0. The van der Waals surface area contributed by atoms with E-state index in [2.05, 4.69) is 0 Å². The van der Waals surface area contributed by atoms with E-state index >= 15 is 0 Å². The number of rotatable bonds is 2. The van der Waals surface area contributed by atoms with Crippen molar-refractivity contribution >= 4 is 11.6 Å². The van der Waals surface area contributed by atoms with Gasteiger partial charge in [0.1, 0.15) is 5.82 Å². The lowest BCUT2D eigenvalue weighted by Crippen LogP contribution is -2.08. The van der Waals surface area contributed by atoms with Crippen molar-refractivity contribution in [1.82, 2.24) is 0 Å². The quantitative estimate of drug-likeness (QED) is 0.802. The van der Waals surface area contributed by atoms with Gasteiger partial charge in [0.05, 0.1) is 10.6 Å². The van der Waals surface area contributed by atoms with E-state index in [0.717, 1.165) is 18.4 Å². The van der Waals surface area contributed by atoms with Crippen LogP contribution in [-0.4, -0.2) is 5.11 Å². The van der Waals surface area contributed by atoms with Crippen LogP contribution in [0.25, 0.3) is 0 Å². The third kappa shape index (κ3) is 1.43. The van der Waals surface area contributed by atoms with Crippen molar-refractivity contribution in [2.45, 2.75) is 25.4 Å². The summed E-state index contributed by atoms with van der Waals surface area (Å²) < 4.78 is 12.9. The van der Waals surface area contributed by atoms with Gasteiger partial charge in [0, 0.05) is 0 Å². The van der Waals surface area contributed by atoms with Gasteiger partial charge >= 0.3 is 0 Å². The Labute approximate surface area is 87.5 Å². The van der Waals surface area contributed by atoms with E-state index in [4.69, 9.17) is 11.6 Å². The molecule has 0 heterocycles. The van der Waals surface area contributed by atoms with Crippen LogP contribution in [0.3, 0.4) is 0 Å². The highest BCUT2D eigenvalue weighted by molar-refractivity contribution is 6.30. The molecule has 3 heteroatoms. The molecular formula is C11H12ClFO. The van der Waals surface area contributed by atoms with Crippen molar-refractivity contribution in [3.05, 3.63) is 34.6 Å². The Morgan fingerprint density at radius 2 is 2.36 bits per heavy atom. The Morgan fingerprint density at radius 3 is 2.86 bits per heavy atom. The Kier molecular flexibility index (Phi) is 2.28. The summed E-state index contributed by atoms with van der Waals surface area (Å²) in [5.74, 6) is -0.142. The molecule has 1 aromatic carbocycles. The molecule has 1 aromatic rings. The van der Waals surface area contributed by atoms with Crippen LogP contribution in [0.1, 0.15) is 25.3 Å². The zero-order valence-electron chi connectivity index (χ0n) is 7.93. The summed E-state index contributed by atoms with van der Waals surface area (Å²) in [6.45, 7) is 2.04. The Hall–Kier alpha value is -0.600. The summed E-state index contributed by atoms with van der Waals surface area (Å²) in [6, 6.07) is 4.43. The highest BCUT2D eigenvalue weighted by Gasteiger charge is 2.52. The molecule has 1 aliphatic rings. The van der Waals surface area contributed by atoms with Crippen LogP contribution in [0, 0.1) is 11.7 Å². The molecule has 0 spiro atoms. The molecule has 2 rings (SSSR count). The Morgan fingerprint density at radius 1 is 1.64 bits per heavy atom. The van der Waals surface area contributed by atoms with Gasteiger partial charge in [-0.25, -0.2) is 4.39 Å². The van der Waals surface area contributed by atoms with Crippen LogP contribution in [0.5, 0.6) is 0 Å². The van der Waals surface area contributed by atoms with Crippen molar-refractivity contribution in [3.63, 3.8) is 0 Å². The SMILES string of the molecule is CCC1CC1(O)c1ccc(F)c(Cl)c1. The number of hydrogen-bond acceptors (Lipinski definition) is 1. The minimum atomic E-state index is -0.758. The second kappa shape index (κ2) is 3.21. The zero-order chi connectivity index (χ0) is 10.3. The number of hydrogen-bond donors (Lipinski definition) is 1. The monoisotopic (exact) mass is 214 g/mol. The lowest BCUT2D eigenvalue weighted by Gasteiger charge is -2.10. The third-order valence-electron chi connectivity index (χ3n) is 2.99. The maximum atomic E-state index is 12.9. The molecule has 1 aliphatic carbocycles. The summed E-state index contributed by atoms with van der Waals surface area (Å²) in [5.41, 5.74) is -0.0257. The van der Waals surface area contributed by atoms with E-state index in [1.54, 1.807) is 6.07 Å². The highest BCUT2D eigenvalue weighted by Crippen LogP contribution is 2.53. The van der Waals surface area contributed by atoms with Gasteiger partial charge in [-0.2, -0.15) is 0 Å². The standard InChI is InChI=1S/C11H12ClFO/c1-2-7-6-11(7,14)8-3-4-10(13)9(12)5-8/h3-5,7,14H,2,6H2,1H3. The van der Waals surface area contributed by atoms with Crippen LogP contribution in [-0.2, 0) is 5.60 Å². The maximum Gasteiger partial charge on any atom is 0.141 e. The summed E-state index contributed by atoms with van der Waals surface area (Å²) in [6.07, 6.45) is 1.69. The van der Waals surface area contributed by atoms with Gasteiger partial charge in [-0.15, -0.1) is 0 Å². The van der Waals surface area contributed by atoms with E-state index < -0.39 is 11.4 Å². The predicted molar refractivity (Wildman–Crippen MR) is 53.7 cm³/mol. The van der Waals surface area contributed by atoms with E-state index in [1.165, 1.54) is 12.1 Å². The van der Waals surface area contributed by atoms with E-state index in [9.17, 15) is 9.50 Å². The fraction of sp³-hybridized carbons (Fsp3) is 0.455. The van der Waals surface area contributed by atoms with Gasteiger partial charge in [0.25, 0.3) is 0 Å². The van der Waals surface area contributed by atoms with Crippen LogP contribution >= 0.6 is 11.6 Å². The molecule has 76 valence electrons. The van der Waals surface area contributed by atoms with E-state index in [-0.39, 0.29) is 5.02 Å². The maximum absolute atomic E-state index is 12.9. The first-order valence-corrected chi connectivity index (χ1v) is 5.13. The topological polar surface area (TPSA) is 20.2 Å². The molecule has 0 aliphatic heterocycles.